The van der Waals surface area contributed by atoms with E-state index in [0.717, 1.165) is 16.5 Å². The Morgan fingerprint density at radius 3 is 2.61 bits per heavy atom. The first-order valence-electron chi connectivity index (χ1n) is 8.64. The maximum Gasteiger partial charge on any atom is 0.237 e. The Labute approximate surface area is 165 Å². The van der Waals surface area contributed by atoms with Crippen LogP contribution in [-0.4, -0.2) is 36.5 Å². The second-order valence-corrected chi connectivity index (χ2v) is 7.51. The van der Waals surface area contributed by atoms with Crippen molar-refractivity contribution < 1.29 is 9.90 Å². The molecule has 4 rings (SSSR count). The molecule has 0 spiro atoms. The summed E-state index contributed by atoms with van der Waals surface area (Å²) in [5, 5.41) is 26.3. The lowest BCUT2D eigenvalue weighted by atomic mass is 10.1. The molecular formula is C20H17N5O2S. The number of thioether (sulfide) groups is 1. The topological polar surface area (TPSA) is 92.9 Å². The van der Waals surface area contributed by atoms with Crippen LogP contribution in [0.3, 0.4) is 0 Å². The molecule has 1 aromatic heterocycles. The van der Waals surface area contributed by atoms with E-state index in [1.165, 1.54) is 16.4 Å². The number of anilines is 1. The van der Waals surface area contributed by atoms with Crippen LogP contribution in [0.15, 0.2) is 71.9 Å². The van der Waals surface area contributed by atoms with E-state index in [1.54, 1.807) is 31.2 Å². The molecule has 0 aliphatic carbocycles. The zero-order valence-corrected chi connectivity index (χ0v) is 15.8. The number of amides is 1. The third-order valence-electron chi connectivity index (χ3n) is 4.20. The lowest BCUT2D eigenvalue weighted by Crippen LogP contribution is -2.22. The summed E-state index contributed by atoms with van der Waals surface area (Å²) in [6, 6.07) is 20.3. The predicted octanol–water partition coefficient (Wildman–Crippen LogP) is 3.64. The van der Waals surface area contributed by atoms with Crippen LogP contribution in [0.25, 0.3) is 16.5 Å². The minimum Gasteiger partial charge on any atom is -0.508 e. The highest BCUT2D eigenvalue weighted by Gasteiger charge is 2.19. The number of hydrogen-bond acceptors (Lipinski definition) is 6. The summed E-state index contributed by atoms with van der Waals surface area (Å²) in [6.07, 6.45) is 0. The van der Waals surface area contributed by atoms with Gasteiger partial charge < -0.3 is 10.4 Å². The van der Waals surface area contributed by atoms with Gasteiger partial charge in [-0.25, -0.2) is 0 Å². The Balaban J connectivity index is 1.47. The van der Waals surface area contributed by atoms with E-state index >= 15 is 0 Å². The Morgan fingerprint density at radius 1 is 1.07 bits per heavy atom. The number of benzene rings is 3. The highest BCUT2D eigenvalue weighted by atomic mass is 32.2. The maximum atomic E-state index is 12.6. The van der Waals surface area contributed by atoms with Crippen LogP contribution in [0.2, 0.25) is 0 Å². The van der Waals surface area contributed by atoms with Crippen molar-refractivity contribution in [1.82, 2.24) is 20.2 Å². The monoisotopic (exact) mass is 391 g/mol. The Morgan fingerprint density at radius 2 is 1.82 bits per heavy atom. The number of carbonyl (C=O) groups is 1. The van der Waals surface area contributed by atoms with Crippen LogP contribution in [0.1, 0.15) is 6.92 Å². The lowest BCUT2D eigenvalue weighted by Gasteiger charge is -2.12. The lowest BCUT2D eigenvalue weighted by molar-refractivity contribution is -0.115. The van der Waals surface area contributed by atoms with E-state index in [1.807, 2.05) is 42.5 Å². The van der Waals surface area contributed by atoms with Crippen LogP contribution in [-0.2, 0) is 4.79 Å². The smallest absolute Gasteiger partial charge is 0.237 e. The highest BCUT2D eigenvalue weighted by molar-refractivity contribution is 8.00. The predicted molar refractivity (Wildman–Crippen MR) is 109 cm³/mol. The van der Waals surface area contributed by atoms with Gasteiger partial charge in [-0.05, 0) is 64.5 Å². The molecule has 28 heavy (non-hydrogen) atoms. The fourth-order valence-corrected chi connectivity index (χ4v) is 3.54. The van der Waals surface area contributed by atoms with Crippen LogP contribution in [0, 0.1) is 0 Å². The number of phenolic OH excluding ortho intramolecular Hbond substituents is 1. The molecule has 4 aromatic rings. The maximum absolute atomic E-state index is 12.6. The third kappa shape index (κ3) is 3.81. The van der Waals surface area contributed by atoms with E-state index in [2.05, 4.69) is 20.8 Å². The van der Waals surface area contributed by atoms with Gasteiger partial charge in [0.25, 0.3) is 0 Å². The molecule has 140 valence electrons. The van der Waals surface area contributed by atoms with Gasteiger partial charge in [0.1, 0.15) is 5.75 Å². The molecular weight excluding hydrogens is 374 g/mol. The number of phenols is 1. The van der Waals surface area contributed by atoms with E-state index in [-0.39, 0.29) is 11.7 Å². The Bertz CT molecular complexity index is 1130. The van der Waals surface area contributed by atoms with Crippen LogP contribution in [0.5, 0.6) is 5.75 Å². The molecule has 0 saturated heterocycles. The average Bonchev–Trinajstić information content (AvgIpc) is 3.16. The van der Waals surface area contributed by atoms with Gasteiger partial charge in [0.05, 0.1) is 10.9 Å². The first-order valence-corrected chi connectivity index (χ1v) is 9.52. The molecule has 0 radical (unpaired) electrons. The van der Waals surface area contributed by atoms with Crippen molar-refractivity contribution in [3.63, 3.8) is 0 Å². The molecule has 0 aliphatic heterocycles. The summed E-state index contributed by atoms with van der Waals surface area (Å²) in [6.45, 7) is 1.80. The first kappa shape index (κ1) is 18.0. The van der Waals surface area contributed by atoms with Gasteiger partial charge in [-0.15, -0.1) is 5.10 Å². The van der Waals surface area contributed by atoms with Gasteiger partial charge in [-0.2, -0.15) is 4.68 Å². The average molecular weight is 391 g/mol. The summed E-state index contributed by atoms with van der Waals surface area (Å²) in [7, 11) is 0. The van der Waals surface area contributed by atoms with Crippen molar-refractivity contribution in [2.75, 3.05) is 5.32 Å². The van der Waals surface area contributed by atoms with Gasteiger partial charge >= 0.3 is 0 Å². The summed E-state index contributed by atoms with van der Waals surface area (Å²) in [5.74, 6) is 0.0229. The molecule has 1 heterocycles. The number of hydrogen-bond donors (Lipinski definition) is 2. The molecule has 2 N–H and O–H groups in total. The molecule has 0 saturated carbocycles. The summed E-state index contributed by atoms with van der Waals surface area (Å²) in [4.78, 5) is 12.6. The zero-order valence-electron chi connectivity index (χ0n) is 15.0. The highest BCUT2D eigenvalue weighted by Crippen LogP contribution is 2.25. The second-order valence-electron chi connectivity index (χ2n) is 6.20. The zero-order chi connectivity index (χ0) is 19.5. The van der Waals surface area contributed by atoms with Crippen molar-refractivity contribution in [1.29, 1.82) is 0 Å². The quantitative estimate of drug-likeness (QED) is 0.505. The van der Waals surface area contributed by atoms with Crippen molar-refractivity contribution in [2.24, 2.45) is 0 Å². The SMILES string of the molecule is C[C@H](Sc1nnnn1-c1ccc(O)cc1)C(=O)Nc1ccc2ccccc2c1. The Kier molecular flexibility index (Phi) is 4.94. The summed E-state index contributed by atoms with van der Waals surface area (Å²) < 4.78 is 1.53. The Hall–Kier alpha value is -3.39. The minimum atomic E-state index is -0.409. The largest absolute Gasteiger partial charge is 0.508 e. The molecule has 0 unspecified atom stereocenters. The number of aromatic nitrogens is 4. The minimum absolute atomic E-state index is 0.138. The number of nitrogens with zero attached hydrogens (tertiary/aromatic N) is 4. The number of aromatic hydroxyl groups is 1. The third-order valence-corrected chi connectivity index (χ3v) is 5.24. The van der Waals surface area contributed by atoms with Crippen molar-refractivity contribution in [3.8, 4) is 11.4 Å². The molecule has 1 atom stereocenters. The van der Waals surface area contributed by atoms with E-state index < -0.39 is 5.25 Å². The van der Waals surface area contributed by atoms with Crippen LogP contribution >= 0.6 is 11.8 Å². The molecule has 1 amide bonds. The normalized spacial score (nSPS) is 12.0. The molecule has 7 nitrogen and oxygen atoms in total. The molecule has 3 aromatic carbocycles. The fourth-order valence-electron chi connectivity index (χ4n) is 2.73. The van der Waals surface area contributed by atoms with Gasteiger partial charge in [0.2, 0.25) is 11.1 Å². The number of tetrazole rings is 1. The molecule has 0 aliphatic rings. The number of rotatable bonds is 5. The van der Waals surface area contributed by atoms with E-state index in [4.69, 9.17) is 0 Å². The van der Waals surface area contributed by atoms with Crippen molar-refractivity contribution >= 4 is 34.1 Å². The van der Waals surface area contributed by atoms with Crippen molar-refractivity contribution in [2.45, 2.75) is 17.3 Å². The van der Waals surface area contributed by atoms with E-state index in [0.29, 0.717) is 10.8 Å². The standard InChI is InChI=1S/C20H17N5O2S/c1-13(19(27)21-16-7-6-14-4-2-3-5-15(14)12-16)28-20-22-23-24-25(20)17-8-10-18(26)11-9-17/h2-13,26H,1H3,(H,21,27)/t13-/m0/s1. The van der Waals surface area contributed by atoms with Gasteiger partial charge in [0, 0.05) is 5.69 Å². The van der Waals surface area contributed by atoms with E-state index in [9.17, 15) is 9.90 Å². The van der Waals surface area contributed by atoms with Crippen LogP contribution < -0.4 is 5.32 Å². The molecule has 0 fully saturated rings. The van der Waals surface area contributed by atoms with Crippen molar-refractivity contribution in [3.05, 3.63) is 66.7 Å². The number of fused-ring (bicyclic) bond motifs is 1. The number of carbonyl (C=O) groups excluding carboxylic acids is 1. The molecule has 0 bridgehead atoms. The van der Waals surface area contributed by atoms with Gasteiger partial charge in [-0.1, -0.05) is 42.1 Å². The number of nitrogens with one attached hydrogen (secondary N) is 1. The fraction of sp³-hybridized carbons (Fsp3) is 0.100. The van der Waals surface area contributed by atoms with Crippen LogP contribution in [0.4, 0.5) is 5.69 Å². The van der Waals surface area contributed by atoms with Gasteiger partial charge in [0.15, 0.2) is 0 Å². The molecule has 8 heteroatoms. The summed E-state index contributed by atoms with van der Waals surface area (Å²) in [5.41, 5.74) is 1.45. The first-order chi connectivity index (χ1) is 13.6. The second kappa shape index (κ2) is 7.69. The van der Waals surface area contributed by atoms with Gasteiger partial charge in [-0.3, -0.25) is 4.79 Å². The summed E-state index contributed by atoms with van der Waals surface area (Å²) >= 11 is 1.26.